The van der Waals surface area contributed by atoms with Gasteiger partial charge in [0.05, 0.1) is 6.54 Å². The van der Waals surface area contributed by atoms with Crippen LogP contribution in [0, 0.1) is 0 Å². The van der Waals surface area contributed by atoms with Crippen molar-refractivity contribution in [1.29, 1.82) is 0 Å². The van der Waals surface area contributed by atoms with Crippen LogP contribution < -0.4 is 16.0 Å². The summed E-state index contributed by atoms with van der Waals surface area (Å²) in [4.78, 5) is 16.5. The van der Waals surface area contributed by atoms with E-state index in [1.807, 2.05) is 0 Å². The normalized spacial score (nSPS) is 20.0. The van der Waals surface area contributed by atoms with Gasteiger partial charge in [-0.1, -0.05) is 32.1 Å². The Morgan fingerprint density at radius 3 is 2.13 bits per heavy atom. The van der Waals surface area contributed by atoms with E-state index >= 15 is 0 Å². The Balaban J connectivity index is 0.00000264. The van der Waals surface area contributed by atoms with Gasteiger partial charge in [-0.2, -0.15) is 0 Å². The van der Waals surface area contributed by atoms with Crippen LogP contribution in [0.15, 0.2) is 4.99 Å². The summed E-state index contributed by atoms with van der Waals surface area (Å²) < 4.78 is 0. The van der Waals surface area contributed by atoms with Crippen molar-refractivity contribution in [3.05, 3.63) is 0 Å². The summed E-state index contributed by atoms with van der Waals surface area (Å²) in [7, 11) is 0. The van der Waals surface area contributed by atoms with E-state index in [9.17, 15) is 4.79 Å². The van der Waals surface area contributed by atoms with Gasteiger partial charge in [0.2, 0.25) is 5.91 Å². The van der Waals surface area contributed by atoms with Crippen LogP contribution in [0.25, 0.3) is 0 Å². The summed E-state index contributed by atoms with van der Waals surface area (Å²) in [6.45, 7) is 3.48. The maximum absolute atomic E-state index is 12.0. The second-order valence-electron chi connectivity index (χ2n) is 6.54. The molecule has 3 N–H and O–H groups in total. The van der Waals surface area contributed by atoms with Gasteiger partial charge in [-0.3, -0.25) is 9.79 Å². The fourth-order valence-electron chi connectivity index (χ4n) is 3.40. The summed E-state index contributed by atoms with van der Waals surface area (Å²) in [6, 6.07) is 0.948. The Morgan fingerprint density at radius 1 is 0.957 bits per heavy atom. The molecule has 5 nitrogen and oxygen atoms in total. The molecule has 0 aromatic carbocycles. The van der Waals surface area contributed by atoms with Crippen molar-refractivity contribution < 1.29 is 4.79 Å². The summed E-state index contributed by atoms with van der Waals surface area (Å²) in [5.74, 6) is 1.01. The first-order valence-corrected chi connectivity index (χ1v) is 9.12. The minimum atomic E-state index is 0. The zero-order valence-electron chi connectivity index (χ0n) is 14.4. The van der Waals surface area contributed by atoms with E-state index in [1.165, 1.54) is 44.9 Å². The molecule has 0 saturated heterocycles. The van der Waals surface area contributed by atoms with E-state index in [-0.39, 0.29) is 29.9 Å². The molecule has 2 saturated carbocycles. The molecule has 0 radical (unpaired) electrons. The van der Waals surface area contributed by atoms with Gasteiger partial charge in [0.25, 0.3) is 0 Å². The third kappa shape index (κ3) is 8.22. The van der Waals surface area contributed by atoms with Crippen molar-refractivity contribution in [3.8, 4) is 0 Å². The number of carbonyl (C=O) groups excluding carboxylic acids is 1. The van der Waals surface area contributed by atoms with E-state index in [4.69, 9.17) is 0 Å². The quantitative estimate of drug-likeness (QED) is 0.341. The maximum Gasteiger partial charge on any atom is 0.222 e. The van der Waals surface area contributed by atoms with Crippen LogP contribution in [0.4, 0.5) is 0 Å². The molecule has 23 heavy (non-hydrogen) atoms. The van der Waals surface area contributed by atoms with Crippen molar-refractivity contribution in [1.82, 2.24) is 16.0 Å². The van der Waals surface area contributed by atoms with Gasteiger partial charge >= 0.3 is 0 Å². The van der Waals surface area contributed by atoms with Gasteiger partial charge in [0, 0.05) is 25.0 Å². The van der Waals surface area contributed by atoms with E-state index in [0.717, 1.165) is 25.3 Å². The van der Waals surface area contributed by atoms with E-state index < -0.39 is 0 Å². The number of nitrogens with one attached hydrogen (secondary N) is 3. The highest BCUT2D eigenvalue weighted by Gasteiger charge is 2.17. The Hall–Kier alpha value is -0.530. The lowest BCUT2D eigenvalue weighted by Crippen LogP contribution is -2.42. The molecule has 0 aliphatic heterocycles. The van der Waals surface area contributed by atoms with Crippen molar-refractivity contribution in [2.24, 2.45) is 4.99 Å². The summed E-state index contributed by atoms with van der Waals surface area (Å²) in [5.41, 5.74) is 0. The molecule has 2 fully saturated rings. The third-order valence-electron chi connectivity index (χ3n) is 4.62. The van der Waals surface area contributed by atoms with Crippen LogP contribution >= 0.6 is 24.0 Å². The van der Waals surface area contributed by atoms with Gasteiger partial charge in [0.1, 0.15) is 0 Å². The van der Waals surface area contributed by atoms with Gasteiger partial charge in [-0.15, -0.1) is 24.0 Å². The standard InChI is InChI=1S/C17H32N4O.HI/c1-2-18-17(21-15-10-6-7-11-15)19-13-12-16(22)20-14-8-4-3-5-9-14;/h14-15H,2-13H2,1H3,(H,20,22)(H2,18,19,21);1H. The molecule has 2 rings (SSSR count). The van der Waals surface area contributed by atoms with E-state index in [0.29, 0.717) is 25.0 Å². The molecule has 6 heteroatoms. The third-order valence-corrected chi connectivity index (χ3v) is 4.62. The van der Waals surface area contributed by atoms with Crippen molar-refractivity contribution >= 4 is 35.8 Å². The van der Waals surface area contributed by atoms with Gasteiger partial charge in [0.15, 0.2) is 5.96 Å². The molecule has 0 heterocycles. The highest BCUT2D eigenvalue weighted by atomic mass is 127. The molecule has 0 aromatic rings. The zero-order valence-corrected chi connectivity index (χ0v) is 16.7. The minimum absolute atomic E-state index is 0. The zero-order chi connectivity index (χ0) is 15.6. The first-order chi connectivity index (χ1) is 10.8. The topological polar surface area (TPSA) is 65.5 Å². The molecule has 0 spiro atoms. The number of halogens is 1. The Morgan fingerprint density at radius 2 is 1.52 bits per heavy atom. The molecule has 134 valence electrons. The van der Waals surface area contributed by atoms with Gasteiger partial charge in [-0.05, 0) is 32.6 Å². The monoisotopic (exact) mass is 436 g/mol. The lowest BCUT2D eigenvalue weighted by atomic mass is 9.95. The number of aliphatic imine (C=N–C) groups is 1. The first-order valence-electron chi connectivity index (χ1n) is 9.12. The number of hydrogen-bond acceptors (Lipinski definition) is 2. The predicted molar refractivity (Wildman–Crippen MR) is 106 cm³/mol. The van der Waals surface area contributed by atoms with Crippen LogP contribution in [-0.2, 0) is 4.79 Å². The molecule has 1 amide bonds. The molecular weight excluding hydrogens is 403 g/mol. The average Bonchev–Trinajstić information content (AvgIpc) is 3.01. The van der Waals surface area contributed by atoms with Crippen LogP contribution in [0.5, 0.6) is 0 Å². The Kier molecular flexibility index (Phi) is 10.6. The molecule has 2 aliphatic rings. The highest BCUT2D eigenvalue weighted by Crippen LogP contribution is 2.18. The van der Waals surface area contributed by atoms with E-state index in [1.54, 1.807) is 0 Å². The number of carbonyl (C=O) groups is 1. The van der Waals surface area contributed by atoms with Crippen molar-refractivity contribution in [2.45, 2.75) is 83.2 Å². The largest absolute Gasteiger partial charge is 0.357 e. The molecule has 0 bridgehead atoms. The van der Waals surface area contributed by atoms with E-state index in [2.05, 4.69) is 27.9 Å². The SMILES string of the molecule is CCNC(=NCCC(=O)NC1CCCCC1)NC1CCCC1.I. The lowest BCUT2D eigenvalue weighted by molar-refractivity contribution is -0.121. The molecule has 0 atom stereocenters. The second-order valence-corrected chi connectivity index (χ2v) is 6.54. The van der Waals surface area contributed by atoms with Gasteiger partial charge in [-0.25, -0.2) is 0 Å². The second kappa shape index (κ2) is 11.9. The predicted octanol–water partition coefficient (Wildman–Crippen LogP) is 2.94. The van der Waals surface area contributed by atoms with Crippen molar-refractivity contribution in [2.75, 3.05) is 13.1 Å². The summed E-state index contributed by atoms with van der Waals surface area (Å²) in [6.07, 6.45) is 11.6. The lowest BCUT2D eigenvalue weighted by Gasteiger charge is -2.22. The number of rotatable bonds is 6. The van der Waals surface area contributed by atoms with Gasteiger partial charge < -0.3 is 16.0 Å². The fourth-order valence-corrected chi connectivity index (χ4v) is 3.40. The fraction of sp³-hybridized carbons (Fsp3) is 0.882. The Labute approximate surface area is 157 Å². The summed E-state index contributed by atoms with van der Waals surface area (Å²) >= 11 is 0. The maximum atomic E-state index is 12.0. The number of guanidine groups is 1. The molecular formula is C17H33IN4O. The van der Waals surface area contributed by atoms with Crippen LogP contribution in [0.1, 0.15) is 71.1 Å². The number of hydrogen-bond donors (Lipinski definition) is 3. The smallest absolute Gasteiger partial charge is 0.222 e. The van der Waals surface area contributed by atoms with Crippen LogP contribution in [0.3, 0.4) is 0 Å². The van der Waals surface area contributed by atoms with Crippen LogP contribution in [-0.4, -0.2) is 37.0 Å². The highest BCUT2D eigenvalue weighted by molar-refractivity contribution is 14.0. The first kappa shape index (κ1) is 20.5. The molecule has 2 aliphatic carbocycles. The molecule has 0 aromatic heterocycles. The number of nitrogens with zero attached hydrogens (tertiary/aromatic N) is 1. The molecule has 0 unspecified atom stereocenters. The summed E-state index contributed by atoms with van der Waals surface area (Å²) in [5, 5.41) is 9.90. The minimum Gasteiger partial charge on any atom is -0.357 e. The average molecular weight is 436 g/mol. The Bertz CT molecular complexity index is 364. The van der Waals surface area contributed by atoms with Crippen LogP contribution in [0.2, 0.25) is 0 Å². The number of amides is 1. The van der Waals surface area contributed by atoms with Crippen molar-refractivity contribution in [3.63, 3.8) is 0 Å².